The van der Waals surface area contributed by atoms with Gasteiger partial charge in [0.25, 0.3) is 0 Å². The lowest BCUT2D eigenvalue weighted by Gasteiger charge is -2.48. The van der Waals surface area contributed by atoms with Crippen LogP contribution in [0.3, 0.4) is 0 Å². The number of quaternary nitrogens is 1. The van der Waals surface area contributed by atoms with Crippen LogP contribution in [0.1, 0.15) is 48.2 Å². The highest BCUT2D eigenvalue weighted by Crippen LogP contribution is 2.32. The average Bonchev–Trinajstić information content (AvgIpc) is 3.05. The average molecular weight is 660 g/mol. The van der Waals surface area contributed by atoms with Crippen LogP contribution in [0.5, 0.6) is 17.2 Å². The number of benzene rings is 3. The van der Waals surface area contributed by atoms with E-state index in [2.05, 4.69) is 11.9 Å². The predicted octanol–water partition coefficient (Wildman–Crippen LogP) is 5.27. The number of anilines is 1. The molecule has 3 aromatic rings. The van der Waals surface area contributed by atoms with E-state index >= 15 is 0 Å². The van der Waals surface area contributed by atoms with Gasteiger partial charge in [-0.05, 0) is 92.9 Å². The smallest absolute Gasteiger partial charge is 0.338 e. The number of ether oxygens (including phenoxy) is 3. The van der Waals surface area contributed by atoms with Crippen molar-refractivity contribution in [3.05, 3.63) is 96.1 Å². The Morgan fingerprint density at radius 1 is 1.02 bits per heavy atom. The number of hydrogen-bond acceptors (Lipinski definition) is 7. The van der Waals surface area contributed by atoms with E-state index in [0.717, 1.165) is 24.1 Å². The summed E-state index contributed by atoms with van der Waals surface area (Å²) in [6.45, 7) is 10.3. The summed E-state index contributed by atoms with van der Waals surface area (Å²) >= 11 is 0. The zero-order chi connectivity index (χ0) is 34.8. The second-order valence-electron chi connectivity index (χ2n) is 12.5. The minimum Gasteiger partial charge on any atom is -0.508 e. The van der Waals surface area contributed by atoms with Crippen molar-refractivity contribution in [2.24, 2.45) is 5.73 Å². The van der Waals surface area contributed by atoms with Gasteiger partial charge in [0.2, 0.25) is 5.91 Å². The number of phenolic OH excluding ortho intramolecular Hbond substituents is 1. The Morgan fingerprint density at radius 3 is 2.29 bits per heavy atom. The molecule has 1 unspecified atom stereocenters. The molecule has 1 aliphatic rings. The number of nitrogens with zero attached hydrogens (tertiary/aromatic N) is 2. The van der Waals surface area contributed by atoms with E-state index in [4.69, 9.17) is 19.9 Å². The highest BCUT2D eigenvalue weighted by molar-refractivity contribution is 5.95. The molecule has 4 rings (SSSR count). The van der Waals surface area contributed by atoms with E-state index in [1.54, 1.807) is 81.5 Å². The fourth-order valence-electron chi connectivity index (χ4n) is 6.45. The molecule has 48 heavy (non-hydrogen) atoms. The summed E-state index contributed by atoms with van der Waals surface area (Å²) in [7, 11) is 3.20. The van der Waals surface area contributed by atoms with Crippen molar-refractivity contribution in [2.75, 3.05) is 39.2 Å². The van der Waals surface area contributed by atoms with Crippen molar-refractivity contribution in [1.29, 1.82) is 0 Å². The second-order valence-corrected chi connectivity index (χ2v) is 12.5. The van der Waals surface area contributed by atoms with Crippen molar-refractivity contribution in [1.82, 2.24) is 4.90 Å². The number of likely N-dealkylation sites (tertiary alicyclic amines) is 1. The molecule has 0 spiro atoms. The molecule has 0 saturated carbocycles. The summed E-state index contributed by atoms with van der Waals surface area (Å²) in [5, 5.41) is 12.8. The molecule has 0 bridgehead atoms. The zero-order valence-electron chi connectivity index (χ0n) is 28.2. The van der Waals surface area contributed by atoms with Gasteiger partial charge in [0.15, 0.2) is 11.5 Å². The highest BCUT2D eigenvalue weighted by Gasteiger charge is 2.42. The Bertz CT molecular complexity index is 1580. The van der Waals surface area contributed by atoms with E-state index in [0.29, 0.717) is 53.3 Å². The number of carbonyl (C=O) groups is 3. The predicted molar refractivity (Wildman–Crippen MR) is 184 cm³/mol. The number of hydrogen-bond donors (Lipinski definition) is 3. The third-order valence-electron chi connectivity index (χ3n) is 8.62. The molecule has 0 aromatic heterocycles. The minimum absolute atomic E-state index is 0.0960. The maximum Gasteiger partial charge on any atom is 0.338 e. The van der Waals surface area contributed by atoms with Crippen molar-refractivity contribution in [2.45, 2.75) is 57.8 Å². The number of aromatic hydroxyl groups is 1. The van der Waals surface area contributed by atoms with E-state index in [1.807, 2.05) is 24.3 Å². The lowest BCUT2D eigenvalue weighted by atomic mass is 9.95. The number of urea groups is 1. The summed E-state index contributed by atoms with van der Waals surface area (Å²) < 4.78 is 16.9. The van der Waals surface area contributed by atoms with Crippen LogP contribution >= 0.6 is 0 Å². The second kappa shape index (κ2) is 16.2. The summed E-state index contributed by atoms with van der Waals surface area (Å²) in [5.41, 5.74) is 8.64. The molecule has 3 amide bonds. The third-order valence-corrected chi connectivity index (χ3v) is 8.62. The van der Waals surface area contributed by atoms with Gasteiger partial charge in [-0.15, -0.1) is 0 Å². The highest BCUT2D eigenvalue weighted by atomic mass is 16.5. The standard InChI is InChI=1S/C37H46N4O7/c1-6-19-41(23-27-11-18-33(46-4)34(22-27)47-5)20-7-8-30(24-41)40(32(35(38)43)21-26-9-16-31(42)17-10-26)37(45)39-29-14-12-28(13-15-29)36(44)48-25(2)3/h6,9-18,22,25,30,32H,1,7-8,19-21,23-24H2,2-5H3,(H3-,38,39,42,43,44,45)/p+1/t30-,32+,41?/m1/s1. The molecule has 1 aliphatic heterocycles. The van der Waals surface area contributed by atoms with Crippen LogP contribution < -0.4 is 20.5 Å². The SMILES string of the molecule is C=CC[N+]1(Cc2ccc(OC)c(OC)c2)CCC[C@@H](N(C(=O)Nc2ccc(C(=O)OC(C)C)cc2)[C@@H](Cc2ccc(O)cc2)C(N)=O)C1. The first-order valence-electron chi connectivity index (χ1n) is 16.1. The first kappa shape index (κ1) is 35.8. The van der Waals surface area contributed by atoms with Gasteiger partial charge < -0.3 is 39.8 Å². The molecule has 0 radical (unpaired) electrons. The number of nitrogens with two attached hydrogens (primary N) is 1. The van der Waals surface area contributed by atoms with E-state index in [1.165, 1.54) is 0 Å². The van der Waals surface area contributed by atoms with Gasteiger partial charge in [-0.2, -0.15) is 0 Å². The van der Waals surface area contributed by atoms with Crippen LogP contribution in [0.25, 0.3) is 0 Å². The molecular weight excluding hydrogens is 612 g/mol. The van der Waals surface area contributed by atoms with Crippen LogP contribution in [-0.4, -0.2) is 84.4 Å². The minimum atomic E-state index is -0.982. The van der Waals surface area contributed by atoms with Gasteiger partial charge in [-0.25, -0.2) is 9.59 Å². The van der Waals surface area contributed by atoms with Crippen LogP contribution in [0.15, 0.2) is 79.4 Å². The van der Waals surface area contributed by atoms with Gasteiger partial charge >= 0.3 is 12.0 Å². The molecule has 11 heteroatoms. The van der Waals surface area contributed by atoms with Gasteiger partial charge in [-0.1, -0.05) is 18.7 Å². The third kappa shape index (κ3) is 9.07. The van der Waals surface area contributed by atoms with Crippen molar-refractivity contribution in [3.63, 3.8) is 0 Å². The number of methoxy groups -OCH3 is 2. The Balaban J connectivity index is 1.68. The van der Waals surface area contributed by atoms with Crippen molar-refractivity contribution in [3.8, 4) is 17.2 Å². The Morgan fingerprint density at radius 2 is 1.69 bits per heavy atom. The number of phenols is 1. The van der Waals surface area contributed by atoms with E-state index in [9.17, 15) is 19.5 Å². The summed E-state index contributed by atoms with van der Waals surface area (Å²) in [6, 6.07) is 17.0. The number of carbonyl (C=O) groups excluding carboxylic acids is 3. The fourth-order valence-corrected chi connectivity index (χ4v) is 6.45. The Labute approximate surface area is 282 Å². The zero-order valence-corrected chi connectivity index (χ0v) is 28.2. The molecule has 1 heterocycles. The first-order chi connectivity index (χ1) is 23.0. The maximum atomic E-state index is 14.3. The largest absolute Gasteiger partial charge is 0.508 e. The quantitative estimate of drug-likeness (QED) is 0.122. The fraction of sp³-hybridized carbons (Fsp3) is 0.378. The Kier molecular flexibility index (Phi) is 12.1. The molecule has 256 valence electrons. The van der Waals surface area contributed by atoms with E-state index in [-0.39, 0.29) is 24.3 Å². The summed E-state index contributed by atoms with van der Waals surface area (Å²) in [6.07, 6.45) is 3.25. The number of amides is 3. The molecule has 4 N–H and O–H groups in total. The number of primary amides is 1. The van der Waals surface area contributed by atoms with Gasteiger partial charge in [-0.3, -0.25) is 4.79 Å². The Hall–Kier alpha value is -5.03. The van der Waals surface area contributed by atoms with Crippen molar-refractivity contribution >= 4 is 23.6 Å². The lowest BCUT2D eigenvalue weighted by molar-refractivity contribution is -0.941. The van der Waals surface area contributed by atoms with Crippen LogP contribution in [0, 0.1) is 0 Å². The molecule has 11 nitrogen and oxygen atoms in total. The van der Waals surface area contributed by atoms with Crippen LogP contribution in [0.2, 0.25) is 0 Å². The van der Waals surface area contributed by atoms with Crippen molar-refractivity contribution < 1.29 is 38.2 Å². The van der Waals surface area contributed by atoms with Gasteiger partial charge in [0, 0.05) is 17.7 Å². The lowest BCUT2D eigenvalue weighted by Crippen LogP contribution is -2.64. The molecule has 1 saturated heterocycles. The van der Waals surface area contributed by atoms with Gasteiger partial charge in [0.05, 0.1) is 45.0 Å². The number of rotatable bonds is 14. The molecule has 0 aliphatic carbocycles. The summed E-state index contributed by atoms with van der Waals surface area (Å²) in [4.78, 5) is 41.4. The normalized spacial score (nSPS) is 18.0. The maximum absolute atomic E-state index is 14.3. The number of nitrogens with one attached hydrogen (secondary N) is 1. The van der Waals surface area contributed by atoms with E-state index < -0.39 is 23.9 Å². The summed E-state index contributed by atoms with van der Waals surface area (Å²) in [5.74, 6) is 0.267. The topological polar surface area (TPSA) is 140 Å². The first-order valence-corrected chi connectivity index (χ1v) is 16.1. The molecule has 3 atom stereocenters. The molecule has 1 fully saturated rings. The monoisotopic (exact) mass is 659 g/mol. The van der Waals surface area contributed by atoms with Crippen LogP contribution in [0.4, 0.5) is 10.5 Å². The van der Waals surface area contributed by atoms with Gasteiger partial charge in [0.1, 0.15) is 24.9 Å². The van der Waals surface area contributed by atoms with Crippen LogP contribution in [-0.2, 0) is 22.5 Å². The molecular formula is C37H47N4O7+. The number of piperidine rings is 1. The number of esters is 1. The molecule has 3 aromatic carbocycles.